The summed E-state index contributed by atoms with van der Waals surface area (Å²) in [5, 5.41) is 2.95. The molecule has 5 heteroatoms. The Balaban J connectivity index is 1.56. The van der Waals surface area contributed by atoms with E-state index in [1.807, 2.05) is 54.6 Å². The number of rotatable bonds is 5. The van der Waals surface area contributed by atoms with Crippen LogP contribution in [0.2, 0.25) is 0 Å². The number of aliphatic imine (C=N–C) groups is 1. The summed E-state index contributed by atoms with van der Waals surface area (Å²) in [6.45, 7) is 2.12. The lowest BCUT2D eigenvalue weighted by molar-refractivity contribution is -0.133. The lowest BCUT2D eigenvalue weighted by atomic mass is 10.00. The summed E-state index contributed by atoms with van der Waals surface area (Å²) in [5.41, 5.74) is 2.69. The van der Waals surface area contributed by atoms with Crippen LogP contribution < -0.4 is 5.32 Å². The summed E-state index contributed by atoms with van der Waals surface area (Å²) in [5.74, 6) is -0.319. The molecule has 4 rings (SSSR count). The van der Waals surface area contributed by atoms with Gasteiger partial charge in [-0.2, -0.15) is 0 Å². The molecule has 0 bridgehead atoms. The molecule has 2 aliphatic rings. The van der Waals surface area contributed by atoms with Gasteiger partial charge in [-0.25, -0.2) is 0 Å². The van der Waals surface area contributed by atoms with Crippen LogP contribution in [0.4, 0.5) is 5.69 Å². The van der Waals surface area contributed by atoms with Gasteiger partial charge in [-0.05, 0) is 49.8 Å². The number of nitrogens with zero attached hydrogens (tertiary/aromatic N) is 2. The lowest BCUT2D eigenvalue weighted by Gasteiger charge is -2.35. The molecule has 1 aliphatic heterocycles. The van der Waals surface area contributed by atoms with Gasteiger partial charge in [0, 0.05) is 11.3 Å². The predicted molar refractivity (Wildman–Crippen MR) is 120 cm³/mol. The molecular weight excluding hydrogens is 374 g/mol. The van der Waals surface area contributed by atoms with Crippen LogP contribution in [0.1, 0.15) is 56.6 Å². The maximum Gasteiger partial charge on any atom is 0.275 e. The van der Waals surface area contributed by atoms with Gasteiger partial charge >= 0.3 is 0 Å². The van der Waals surface area contributed by atoms with E-state index in [-0.39, 0.29) is 18.4 Å². The van der Waals surface area contributed by atoms with Gasteiger partial charge in [-0.3, -0.25) is 14.6 Å². The highest BCUT2D eigenvalue weighted by atomic mass is 16.2. The van der Waals surface area contributed by atoms with Crippen molar-refractivity contribution in [2.24, 2.45) is 4.99 Å². The van der Waals surface area contributed by atoms with Crippen molar-refractivity contribution in [1.29, 1.82) is 0 Å². The van der Waals surface area contributed by atoms with Gasteiger partial charge in [-0.15, -0.1) is 0 Å². The van der Waals surface area contributed by atoms with Gasteiger partial charge in [0.15, 0.2) is 0 Å². The fourth-order valence-corrected chi connectivity index (χ4v) is 4.48. The van der Waals surface area contributed by atoms with Crippen LogP contribution in [-0.4, -0.2) is 34.6 Å². The van der Waals surface area contributed by atoms with Gasteiger partial charge in [0.2, 0.25) is 5.91 Å². The summed E-state index contributed by atoms with van der Waals surface area (Å²) in [4.78, 5) is 32.9. The molecule has 1 heterocycles. The summed E-state index contributed by atoms with van der Waals surface area (Å²) < 4.78 is 0. The molecule has 5 nitrogen and oxygen atoms in total. The van der Waals surface area contributed by atoms with Gasteiger partial charge in [0.1, 0.15) is 17.9 Å². The van der Waals surface area contributed by atoms with Gasteiger partial charge in [0.05, 0.1) is 0 Å². The Morgan fingerprint density at radius 1 is 1.00 bits per heavy atom. The largest absolute Gasteiger partial charge is 0.325 e. The van der Waals surface area contributed by atoms with Crippen molar-refractivity contribution < 1.29 is 9.59 Å². The van der Waals surface area contributed by atoms with E-state index in [1.54, 1.807) is 4.90 Å². The zero-order valence-electron chi connectivity index (χ0n) is 17.6. The monoisotopic (exact) mass is 403 g/mol. The minimum absolute atomic E-state index is 0.0220. The van der Waals surface area contributed by atoms with E-state index in [1.165, 1.54) is 5.56 Å². The van der Waals surface area contributed by atoms with Crippen LogP contribution in [-0.2, 0) is 16.0 Å². The lowest BCUT2D eigenvalue weighted by Crippen LogP contribution is -2.50. The Hall–Kier alpha value is -2.95. The van der Waals surface area contributed by atoms with Crippen LogP contribution >= 0.6 is 0 Å². The Bertz CT molecular complexity index is 927. The van der Waals surface area contributed by atoms with E-state index in [0.29, 0.717) is 5.71 Å². The van der Waals surface area contributed by atoms with Crippen LogP contribution in [0.3, 0.4) is 0 Å². The smallest absolute Gasteiger partial charge is 0.275 e. The molecule has 0 aromatic heterocycles. The number of hydrogen-bond acceptors (Lipinski definition) is 3. The van der Waals surface area contributed by atoms with Crippen molar-refractivity contribution in [3.8, 4) is 0 Å². The van der Waals surface area contributed by atoms with E-state index in [9.17, 15) is 9.59 Å². The zero-order valence-corrected chi connectivity index (χ0v) is 17.6. The summed E-state index contributed by atoms with van der Waals surface area (Å²) in [6, 6.07) is 17.5. The second kappa shape index (κ2) is 8.82. The Labute approximate surface area is 178 Å². The first-order chi connectivity index (χ1) is 14.6. The molecule has 0 saturated heterocycles. The van der Waals surface area contributed by atoms with Crippen LogP contribution in [0, 0.1) is 0 Å². The summed E-state index contributed by atoms with van der Waals surface area (Å²) in [6.07, 6.45) is 6.93. The number of anilines is 1. The molecule has 2 amide bonds. The van der Waals surface area contributed by atoms with Crippen molar-refractivity contribution >= 4 is 23.2 Å². The molecule has 0 unspecified atom stereocenters. The molecule has 0 atom stereocenters. The minimum Gasteiger partial charge on any atom is -0.325 e. The van der Waals surface area contributed by atoms with Crippen molar-refractivity contribution in [1.82, 2.24) is 4.90 Å². The Kier molecular flexibility index (Phi) is 5.98. The molecule has 1 saturated carbocycles. The van der Waals surface area contributed by atoms with Crippen molar-refractivity contribution in [3.05, 3.63) is 65.7 Å². The van der Waals surface area contributed by atoms with Crippen LogP contribution in [0.15, 0.2) is 59.6 Å². The van der Waals surface area contributed by atoms with E-state index in [2.05, 4.69) is 12.2 Å². The molecule has 0 radical (unpaired) electrons. The number of nitrogens with one attached hydrogen (secondary N) is 1. The highest BCUT2D eigenvalue weighted by Gasteiger charge is 2.47. The highest BCUT2D eigenvalue weighted by molar-refractivity contribution is 6.47. The highest BCUT2D eigenvalue weighted by Crippen LogP contribution is 2.38. The molecule has 1 N–H and O–H groups in total. The molecule has 2 aromatic carbocycles. The first kappa shape index (κ1) is 20.3. The number of benzene rings is 2. The molecule has 1 spiro atoms. The maximum absolute atomic E-state index is 13.4. The normalized spacial score (nSPS) is 18.2. The molecule has 156 valence electrons. The third-order valence-corrected chi connectivity index (χ3v) is 6.17. The zero-order chi connectivity index (χ0) is 21.0. The summed E-state index contributed by atoms with van der Waals surface area (Å²) >= 11 is 0. The number of hydrogen-bond donors (Lipinski definition) is 1. The topological polar surface area (TPSA) is 61.8 Å². The third kappa shape index (κ3) is 4.16. The van der Waals surface area contributed by atoms with Gasteiger partial charge < -0.3 is 10.2 Å². The SMILES string of the molecule is CCc1ccc(NC(=O)CN2C(=O)C(c3ccccc3)=NC23CCCCCC3)cc1. The van der Waals surface area contributed by atoms with Gasteiger partial charge in [0.25, 0.3) is 5.91 Å². The fourth-order valence-electron chi connectivity index (χ4n) is 4.48. The number of amides is 2. The van der Waals surface area contributed by atoms with Crippen molar-refractivity contribution in [2.75, 3.05) is 11.9 Å². The summed E-state index contributed by atoms with van der Waals surface area (Å²) in [7, 11) is 0. The second-order valence-electron chi connectivity index (χ2n) is 8.21. The van der Waals surface area contributed by atoms with Crippen molar-refractivity contribution in [3.63, 3.8) is 0 Å². The number of carbonyl (C=O) groups is 2. The van der Waals surface area contributed by atoms with E-state index < -0.39 is 5.66 Å². The quantitative estimate of drug-likeness (QED) is 0.795. The predicted octanol–water partition coefficient (Wildman–Crippen LogP) is 4.57. The van der Waals surface area contributed by atoms with Crippen LogP contribution in [0.5, 0.6) is 0 Å². The van der Waals surface area contributed by atoms with Crippen LogP contribution in [0.25, 0.3) is 0 Å². The Morgan fingerprint density at radius 2 is 1.67 bits per heavy atom. The average Bonchev–Trinajstić information content (AvgIpc) is 2.91. The fraction of sp³-hybridized carbons (Fsp3) is 0.400. The number of carbonyl (C=O) groups excluding carboxylic acids is 2. The molecule has 1 fully saturated rings. The van der Waals surface area contributed by atoms with E-state index >= 15 is 0 Å². The maximum atomic E-state index is 13.4. The minimum atomic E-state index is -0.595. The first-order valence-electron chi connectivity index (χ1n) is 11.0. The average molecular weight is 404 g/mol. The number of aryl methyl sites for hydroxylation is 1. The van der Waals surface area contributed by atoms with Crippen molar-refractivity contribution in [2.45, 2.75) is 57.5 Å². The second-order valence-corrected chi connectivity index (χ2v) is 8.21. The molecule has 1 aliphatic carbocycles. The third-order valence-electron chi connectivity index (χ3n) is 6.17. The standard InChI is InChI=1S/C25H29N3O2/c1-2-19-12-14-21(15-13-19)26-22(29)18-28-24(30)23(20-10-6-5-7-11-20)27-25(28)16-8-3-4-9-17-25/h5-7,10-15H,2-4,8-9,16-18H2,1H3,(H,26,29). The molecule has 2 aromatic rings. The Morgan fingerprint density at radius 3 is 2.30 bits per heavy atom. The first-order valence-corrected chi connectivity index (χ1v) is 11.0. The van der Waals surface area contributed by atoms with E-state index in [4.69, 9.17) is 4.99 Å². The van der Waals surface area contributed by atoms with Gasteiger partial charge in [-0.1, -0.05) is 62.2 Å². The van der Waals surface area contributed by atoms with E-state index in [0.717, 1.165) is 56.2 Å². The molecular formula is C25H29N3O2. The molecule has 30 heavy (non-hydrogen) atoms.